The van der Waals surface area contributed by atoms with Gasteiger partial charge in [-0.3, -0.25) is 4.79 Å². The van der Waals surface area contributed by atoms with Crippen LogP contribution in [-0.2, 0) is 4.79 Å². The van der Waals surface area contributed by atoms with Gasteiger partial charge in [0.2, 0.25) is 0 Å². The van der Waals surface area contributed by atoms with Crippen LogP contribution in [0, 0.1) is 0 Å². The minimum absolute atomic E-state index is 0.0252. The zero-order valence-corrected chi connectivity index (χ0v) is 15.1. The Balaban J connectivity index is 1.63. The van der Waals surface area contributed by atoms with E-state index in [1.807, 2.05) is 25.2 Å². The lowest BCUT2D eigenvalue weighted by Crippen LogP contribution is -3.10. The molecule has 4 nitrogen and oxygen atoms in total. The van der Waals surface area contributed by atoms with E-state index in [2.05, 4.69) is 23.3 Å². The molecule has 2 aromatic carbocycles. The molecule has 0 spiro atoms. The summed E-state index contributed by atoms with van der Waals surface area (Å²) in [6, 6.07) is 15.4. The van der Waals surface area contributed by atoms with Gasteiger partial charge in [0.15, 0.2) is 11.6 Å². The Morgan fingerprint density at radius 2 is 1.96 bits per heavy atom. The van der Waals surface area contributed by atoms with Gasteiger partial charge in [-0.2, -0.15) is 0 Å². The minimum atomic E-state index is -0.0252. The number of halogens is 1. The Kier molecular flexibility index (Phi) is 5.14. The number of benzene rings is 2. The van der Waals surface area contributed by atoms with Gasteiger partial charge >= 0.3 is 0 Å². The smallest absolute Gasteiger partial charge is 0.279 e. The topological polar surface area (TPSA) is 46.4 Å². The van der Waals surface area contributed by atoms with E-state index in [1.54, 1.807) is 35.6 Å². The summed E-state index contributed by atoms with van der Waals surface area (Å²) in [5, 5.41) is 4.60. The fourth-order valence-corrected chi connectivity index (χ4v) is 3.67. The number of rotatable bonds is 5. The molecule has 0 bridgehead atoms. The predicted molar refractivity (Wildman–Crippen MR) is 99.9 cm³/mol. The number of hydrogen-bond acceptors (Lipinski definition) is 3. The molecule has 1 unspecified atom stereocenters. The number of nitrogens with one attached hydrogen (secondary N) is 2. The lowest BCUT2D eigenvalue weighted by Gasteiger charge is -2.19. The lowest BCUT2D eigenvalue weighted by molar-refractivity contribution is -0.902. The summed E-state index contributed by atoms with van der Waals surface area (Å²) in [5.41, 5.74) is 1.77. The monoisotopic (exact) mass is 360 g/mol. The molecule has 0 aliphatic rings. The van der Waals surface area contributed by atoms with Crippen LogP contribution in [0.1, 0.15) is 18.0 Å². The summed E-state index contributed by atoms with van der Waals surface area (Å²) in [5.74, 6) is -0.0252. The van der Waals surface area contributed by atoms with Gasteiger partial charge in [0, 0.05) is 10.7 Å². The van der Waals surface area contributed by atoms with E-state index in [0.717, 1.165) is 21.1 Å². The molecule has 124 valence electrons. The van der Waals surface area contributed by atoms with Gasteiger partial charge in [-0.05, 0) is 43.3 Å². The van der Waals surface area contributed by atoms with Gasteiger partial charge in [0.05, 0.1) is 17.3 Å². The molecule has 0 aliphatic carbocycles. The fourth-order valence-electron chi connectivity index (χ4n) is 2.43. The number of para-hydroxylation sites is 1. The van der Waals surface area contributed by atoms with Crippen molar-refractivity contribution in [3.8, 4) is 0 Å². The molecule has 0 saturated heterocycles. The van der Waals surface area contributed by atoms with E-state index in [-0.39, 0.29) is 11.9 Å². The Morgan fingerprint density at radius 1 is 1.25 bits per heavy atom. The molecule has 0 fully saturated rings. The first-order valence-corrected chi connectivity index (χ1v) is 8.95. The van der Waals surface area contributed by atoms with Crippen molar-refractivity contribution in [3.63, 3.8) is 0 Å². The van der Waals surface area contributed by atoms with Gasteiger partial charge < -0.3 is 10.2 Å². The van der Waals surface area contributed by atoms with Crippen molar-refractivity contribution in [1.82, 2.24) is 4.98 Å². The van der Waals surface area contributed by atoms with E-state index >= 15 is 0 Å². The van der Waals surface area contributed by atoms with E-state index in [0.29, 0.717) is 11.6 Å². The summed E-state index contributed by atoms with van der Waals surface area (Å²) in [6.45, 7) is 2.47. The highest BCUT2D eigenvalue weighted by Crippen LogP contribution is 2.24. The lowest BCUT2D eigenvalue weighted by atomic mass is 10.3. The Morgan fingerprint density at radius 3 is 2.67 bits per heavy atom. The highest BCUT2D eigenvalue weighted by molar-refractivity contribution is 7.18. The third-order valence-corrected chi connectivity index (χ3v) is 5.46. The largest absolute Gasteiger partial charge is 0.322 e. The summed E-state index contributed by atoms with van der Waals surface area (Å²) in [4.78, 5) is 18.0. The van der Waals surface area contributed by atoms with Crippen LogP contribution >= 0.6 is 22.9 Å². The molecule has 24 heavy (non-hydrogen) atoms. The molecule has 1 aromatic heterocycles. The van der Waals surface area contributed by atoms with Crippen molar-refractivity contribution in [2.24, 2.45) is 0 Å². The van der Waals surface area contributed by atoms with Gasteiger partial charge in [0.1, 0.15) is 6.04 Å². The number of amides is 1. The highest BCUT2D eigenvalue weighted by atomic mass is 35.5. The second-order valence-corrected chi connectivity index (χ2v) is 7.32. The highest BCUT2D eigenvalue weighted by Gasteiger charge is 2.22. The third-order valence-electron chi connectivity index (χ3n) is 3.99. The number of likely N-dealkylation sites (N-methyl/N-ethyl adjacent to an activating group) is 1. The first-order valence-electron chi connectivity index (χ1n) is 7.76. The number of anilines is 1. The molecule has 3 rings (SSSR count). The van der Waals surface area contributed by atoms with Crippen molar-refractivity contribution in [1.29, 1.82) is 0 Å². The first-order chi connectivity index (χ1) is 11.5. The third kappa shape index (κ3) is 3.93. The number of carbonyl (C=O) groups is 1. The number of quaternary nitrogens is 1. The Hall–Kier alpha value is -1.95. The zero-order chi connectivity index (χ0) is 17.1. The van der Waals surface area contributed by atoms with Crippen molar-refractivity contribution in [2.75, 3.05) is 18.9 Å². The summed E-state index contributed by atoms with van der Waals surface area (Å²) in [6.07, 6.45) is 0. The maximum absolute atomic E-state index is 12.2. The Labute approximate surface area is 150 Å². The molecule has 1 heterocycles. The maximum Gasteiger partial charge on any atom is 0.279 e. The van der Waals surface area contributed by atoms with Crippen LogP contribution < -0.4 is 10.2 Å². The van der Waals surface area contributed by atoms with Crippen LogP contribution in [0.2, 0.25) is 5.02 Å². The van der Waals surface area contributed by atoms with E-state index in [4.69, 9.17) is 11.6 Å². The minimum Gasteiger partial charge on any atom is -0.322 e. The van der Waals surface area contributed by atoms with Crippen LogP contribution in [-0.4, -0.2) is 24.5 Å². The predicted octanol–water partition coefficient (Wildman–Crippen LogP) is 3.16. The molecule has 2 atom stereocenters. The SMILES string of the molecule is C[C@@H](c1nc2ccccc2s1)[NH+](C)CC(=O)Nc1ccc(Cl)cc1. The van der Waals surface area contributed by atoms with Crippen molar-refractivity contribution >= 4 is 44.7 Å². The molecule has 0 saturated carbocycles. The second kappa shape index (κ2) is 7.30. The summed E-state index contributed by atoms with van der Waals surface area (Å²) >= 11 is 7.54. The quantitative estimate of drug-likeness (QED) is 0.734. The molecule has 2 N–H and O–H groups in total. The molecule has 1 amide bonds. The first kappa shape index (κ1) is 16.9. The second-order valence-electron chi connectivity index (χ2n) is 5.82. The van der Waals surface area contributed by atoms with Crippen molar-refractivity contribution < 1.29 is 9.69 Å². The van der Waals surface area contributed by atoms with Gasteiger partial charge in [-0.25, -0.2) is 4.98 Å². The maximum atomic E-state index is 12.2. The van der Waals surface area contributed by atoms with E-state index in [9.17, 15) is 4.79 Å². The number of hydrogen-bond donors (Lipinski definition) is 2. The Bertz CT molecular complexity index is 814. The normalized spacial score (nSPS) is 13.6. The molecular weight excluding hydrogens is 342 g/mol. The number of fused-ring (bicyclic) bond motifs is 1. The molecule has 0 aliphatic heterocycles. The molecular formula is C18H19ClN3OS+. The van der Waals surface area contributed by atoms with Crippen LogP contribution in [0.3, 0.4) is 0 Å². The summed E-state index contributed by atoms with van der Waals surface area (Å²) < 4.78 is 1.18. The van der Waals surface area contributed by atoms with Crippen LogP contribution in [0.25, 0.3) is 10.2 Å². The zero-order valence-electron chi connectivity index (χ0n) is 13.5. The average molecular weight is 361 g/mol. The number of nitrogens with zero attached hydrogens (tertiary/aromatic N) is 1. The fraction of sp³-hybridized carbons (Fsp3) is 0.222. The van der Waals surface area contributed by atoms with Crippen molar-refractivity contribution in [3.05, 3.63) is 58.6 Å². The number of carbonyl (C=O) groups excluding carboxylic acids is 1. The van der Waals surface area contributed by atoms with Gasteiger partial charge in [0.25, 0.3) is 5.91 Å². The molecule has 0 radical (unpaired) electrons. The van der Waals surface area contributed by atoms with Gasteiger partial charge in [-0.15, -0.1) is 11.3 Å². The van der Waals surface area contributed by atoms with Crippen LogP contribution in [0.15, 0.2) is 48.5 Å². The van der Waals surface area contributed by atoms with Crippen LogP contribution in [0.5, 0.6) is 0 Å². The molecule has 6 heteroatoms. The number of thiazole rings is 1. The van der Waals surface area contributed by atoms with Crippen LogP contribution in [0.4, 0.5) is 5.69 Å². The summed E-state index contributed by atoms with van der Waals surface area (Å²) in [7, 11) is 2.01. The molecule has 3 aromatic rings. The van der Waals surface area contributed by atoms with E-state index in [1.165, 1.54) is 4.70 Å². The van der Waals surface area contributed by atoms with Crippen molar-refractivity contribution in [2.45, 2.75) is 13.0 Å². The van der Waals surface area contributed by atoms with Gasteiger partial charge in [-0.1, -0.05) is 23.7 Å². The van der Waals surface area contributed by atoms with E-state index < -0.39 is 0 Å². The standard InChI is InChI=1S/C18H18ClN3OS/c1-12(18-21-15-5-3-4-6-16(15)24-18)22(2)11-17(23)20-14-9-7-13(19)8-10-14/h3-10,12H,11H2,1-2H3,(H,20,23)/p+1/t12-/m0/s1. The average Bonchev–Trinajstić information content (AvgIpc) is 3.00. The number of aromatic nitrogens is 1.